The van der Waals surface area contributed by atoms with Crippen molar-refractivity contribution >= 4 is 47.4 Å². The molecular weight excluding hydrogens is 610 g/mol. The average molecular weight is 660 g/mol. The molecule has 0 unspecified atom stereocenters. The molecule has 262 valence electrons. The first-order valence-electron chi connectivity index (χ1n) is 14.9. The average Bonchev–Trinajstić information content (AvgIpc) is 2.93. The lowest BCUT2D eigenvalue weighted by Gasteiger charge is -2.28. The summed E-state index contributed by atoms with van der Waals surface area (Å²) in [4.78, 5) is 97.7. The number of carbonyl (C=O) groups is 8. The number of nitrogens with two attached hydrogens (primary N) is 2. The molecule has 18 heteroatoms. The zero-order valence-corrected chi connectivity index (χ0v) is 26.8. The summed E-state index contributed by atoms with van der Waals surface area (Å²) < 4.78 is 0. The summed E-state index contributed by atoms with van der Waals surface area (Å²) in [5.41, 5.74) is 10.8. The topological polar surface area (TPSA) is 309 Å². The molecule has 0 aromatic carbocycles. The van der Waals surface area contributed by atoms with Crippen molar-refractivity contribution in [2.75, 3.05) is 6.54 Å². The Bertz CT molecular complexity index is 1100. The van der Waals surface area contributed by atoms with Crippen molar-refractivity contribution < 1.29 is 53.7 Å². The Morgan fingerprint density at radius 2 is 1.17 bits per heavy atom. The third kappa shape index (κ3) is 17.2. The smallest absolute Gasteiger partial charge is 0.326 e. The lowest BCUT2D eigenvalue weighted by molar-refractivity contribution is -0.143. The maximum absolute atomic E-state index is 13.3. The van der Waals surface area contributed by atoms with Crippen molar-refractivity contribution in [2.24, 2.45) is 23.3 Å². The number of carbonyl (C=O) groups excluding carboxylic acids is 6. The van der Waals surface area contributed by atoms with Crippen LogP contribution in [0.1, 0.15) is 73.1 Å². The van der Waals surface area contributed by atoms with Gasteiger partial charge in [-0.1, -0.05) is 27.7 Å². The molecule has 0 saturated carbocycles. The third-order valence-corrected chi connectivity index (χ3v) is 6.48. The summed E-state index contributed by atoms with van der Waals surface area (Å²) in [5.74, 6) is -7.94. The van der Waals surface area contributed by atoms with Gasteiger partial charge in [0.25, 0.3) is 0 Å². The molecule has 0 aromatic heterocycles. The van der Waals surface area contributed by atoms with Crippen LogP contribution in [0.3, 0.4) is 0 Å². The van der Waals surface area contributed by atoms with E-state index in [4.69, 9.17) is 16.6 Å². The van der Waals surface area contributed by atoms with Crippen molar-refractivity contribution in [3.8, 4) is 0 Å². The minimum Gasteiger partial charge on any atom is -0.481 e. The summed E-state index contributed by atoms with van der Waals surface area (Å²) in [5, 5.41) is 40.1. The second-order valence-electron chi connectivity index (χ2n) is 11.8. The molecule has 0 aliphatic carbocycles. The van der Waals surface area contributed by atoms with Gasteiger partial charge in [-0.15, -0.1) is 0 Å². The molecule has 6 amide bonds. The molecule has 12 N–H and O–H groups in total. The van der Waals surface area contributed by atoms with E-state index in [0.717, 1.165) is 0 Å². The first-order valence-corrected chi connectivity index (χ1v) is 14.9. The highest BCUT2D eigenvalue weighted by molar-refractivity contribution is 5.96. The number of hydrogen-bond donors (Lipinski definition) is 10. The lowest BCUT2D eigenvalue weighted by atomic mass is 10.0. The highest BCUT2D eigenvalue weighted by atomic mass is 16.4. The molecule has 0 rings (SSSR count). The number of carboxylic acids is 2. The van der Waals surface area contributed by atoms with E-state index in [1.54, 1.807) is 27.7 Å². The Morgan fingerprint density at radius 3 is 1.65 bits per heavy atom. The molecule has 0 spiro atoms. The first-order chi connectivity index (χ1) is 21.2. The minimum absolute atomic E-state index is 0.0393. The summed E-state index contributed by atoms with van der Waals surface area (Å²) >= 11 is 0. The van der Waals surface area contributed by atoms with Gasteiger partial charge in [0.15, 0.2) is 0 Å². The van der Waals surface area contributed by atoms with E-state index in [2.05, 4.69) is 26.6 Å². The van der Waals surface area contributed by atoms with Crippen molar-refractivity contribution in [1.29, 1.82) is 0 Å². The van der Waals surface area contributed by atoms with E-state index in [1.165, 1.54) is 6.92 Å². The van der Waals surface area contributed by atoms with E-state index in [1.807, 2.05) is 0 Å². The van der Waals surface area contributed by atoms with Crippen LogP contribution < -0.4 is 38.1 Å². The minimum atomic E-state index is -1.58. The van der Waals surface area contributed by atoms with Gasteiger partial charge in [-0.2, -0.15) is 0 Å². The van der Waals surface area contributed by atoms with Crippen LogP contribution in [-0.2, 0) is 38.4 Å². The molecule has 0 heterocycles. The molecule has 46 heavy (non-hydrogen) atoms. The Balaban J connectivity index is 5.74. The quantitative estimate of drug-likeness (QED) is 0.0558. The number of aliphatic hydroxyl groups excluding tert-OH is 1. The normalized spacial score (nSPS) is 15.0. The second-order valence-corrected chi connectivity index (χ2v) is 11.8. The van der Waals surface area contributed by atoms with Gasteiger partial charge in [-0.05, 0) is 44.4 Å². The van der Waals surface area contributed by atoms with Crippen molar-refractivity contribution in [3.05, 3.63) is 0 Å². The third-order valence-electron chi connectivity index (χ3n) is 6.48. The second kappa shape index (κ2) is 20.7. The first kappa shape index (κ1) is 41.7. The molecule has 0 fully saturated rings. The van der Waals surface area contributed by atoms with Gasteiger partial charge in [0.2, 0.25) is 35.4 Å². The van der Waals surface area contributed by atoms with Crippen LogP contribution in [0.4, 0.5) is 0 Å². The van der Waals surface area contributed by atoms with Crippen LogP contribution in [0, 0.1) is 11.8 Å². The summed E-state index contributed by atoms with van der Waals surface area (Å²) in [6.45, 7) is 7.56. The summed E-state index contributed by atoms with van der Waals surface area (Å²) in [6, 6.07) is -6.76. The Labute approximate surface area is 267 Å². The predicted molar refractivity (Wildman–Crippen MR) is 162 cm³/mol. The molecule has 0 aromatic rings. The van der Waals surface area contributed by atoms with E-state index in [-0.39, 0.29) is 50.4 Å². The van der Waals surface area contributed by atoms with Gasteiger partial charge < -0.3 is 53.4 Å². The highest BCUT2D eigenvalue weighted by Crippen LogP contribution is 2.09. The van der Waals surface area contributed by atoms with Crippen molar-refractivity contribution in [2.45, 2.75) is 109 Å². The number of aliphatic carboxylic acids is 2. The van der Waals surface area contributed by atoms with Gasteiger partial charge in [0.05, 0.1) is 18.7 Å². The Morgan fingerprint density at radius 1 is 0.652 bits per heavy atom. The largest absolute Gasteiger partial charge is 0.481 e. The van der Waals surface area contributed by atoms with Crippen LogP contribution in [0.25, 0.3) is 0 Å². The standard InChI is InChI=1S/C28H49N7O11/c1-13(2)10-18(26(43)35-23(15(5)36)27(44)34-19(28(45)46)11-14(3)4)33-25(42)17(7-8-20(30)37)32-21(38)12-31-24(41)16(29)6-9-22(39)40/h13-19,23,36H,6-12,29H2,1-5H3,(H2,30,37)(H,31,41)(H,32,38)(H,33,42)(H,34,44)(H,35,43)(H,39,40)(H,45,46)/t15-,16+,17+,18+,19+,23+/m1/s1. The van der Waals surface area contributed by atoms with Gasteiger partial charge >= 0.3 is 11.9 Å². The molecule has 6 atom stereocenters. The molecule has 0 saturated heterocycles. The van der Waals surface area contributed by atoms with Gasteiger partial charge in [0, 0.05) is 12.8 Å². The van der Waals surface area contributed by atoms with Gasteiger partial charge in [-0.25, -0.2) is 4.79 Å². The van der Waals surface area contributed by atoms with Crippen molar-refractivity contribution in [1.82, 2.24) is 26.6 Å². The Hall–Kier alpha value is -4.32. The fraction of sp³-hybridized carbons (Fsp3) is 0.714. The number of rotatable bonds is 22. The number of primary amides is 1. The lowest BCUT2D eigenvalue weighted by Crippen LogP contribution is -2.60. The maximum atomic E-state index is 13.3. The predicted octanol–water partition coefficient (Wildman–Crippen LogP) is -2.94. The van der Waals surface area contributed by atoms with Crippen LogP contribution in [0.15, 0.2) is 0 Å². The summed E-state index contributed by atoms with van der Waals surface area (Å²) in [6.07, 6.45) is -2.49. The number of aliphatic hydroxyl groups is 1. The fourth-order valence-corrected chi connectivity index (χ4v) is 4.10. The van der Waals surface area contributed by atoms with Crippen LogP contribution in [-0.4, -0.2) is 106 Å². The number of carboxylic acid groups (broad SMARTS) is 2. The highest BCUT2D eigenvalue weighted by Gasteiger charge is 2.34. The number of amides is 6. The molecule has 0 aliphatic heterocycles. The van der Waals surface area contributed by atoms with Crippen LogP contribution in [0.2, 0.25) is 0 Å². The number of hydrogen-bond acceptors (Lipinski definition) is 10. The van der Waals surface area contributed by atoms with Crippen LogP contribution in [0.5, 0.6) is 0 Å². The van der Waals surface area contributed by atoms with E-state index in [0.29, 0.717) is 0 Å². The molecule has 0 aliphatic rings. The fourth-order valence-electron chi connectivity index (χ4n) is 4.10. The van der Waals surface area contributed by atoms with E-state index >= 15 is 0 Å². The zero-order valence-electron chi connectivity index (χ0n) is 26.8. The summed E-state index contributed by atoms with van der Waals surface area (Å²) in [7, 11) is 0. The Kier molecular flexibility index (Phi) is 18.7. The molecule has 18 nitrogen and oxygen atoms in total. The zero-order chi connectivity index (χ0) is 35.7. The van der Waals surface area contributed by atoms with Crippen molar-refractivity contribution in [3.63, 3.8) is 0 Å². The number of nitrogens with one attached hydrogen (secondary N) is 5. The van der Waals surface area contributed by atoms with Crippen LogP contribution >= 0.6 is 0 Å². The SMILES string of the molecule is CC(C)C[C@H](NC(=O)[C@@H](NC(=O)[C@H](CC(C)C)NC(=O)[C@H](CCC(N)=O)NC(=O)CNC(=O)[C@@H](N)CCC(=O)O)[C@@H](C)O)C(=O)O. The molecular formula is C28H49N7O11. The monoisotopic (exact) mass is 659 g/mol. The van der Waals surface area contributed by atoms with E-state index < -0.39 is 90.2 Å². The molecule has 0 radical (unpaired) electrons. The van der Waals surface area contributed by atoms with Gasteiger partial charge in [0.1, 0.15) is 24.2 Å². The van der Waals surface area contributed by atoms with E-state index in [9.17, 15) is 48.6 Å². The van der Waals surface area contributed by atoms with Gasteiger partial charge in [-0.3, -0.25) is 33.6 Å². The molecule has 0 bridgehead atoms. The maximum Gasteiger partial charge on any atom is 0.326 e.